The van der Waals surface area contributed by atoms with E-state index in [1.54, 1.807) is 0 Å². The summed E-state index contributed by atoms with van der Waals surface area (Å²) >= 11 is 0. The van der Waals surface area contributed by atoms with Crippen LogP contribution in [0.2, 0.25) is 0 Å². The van der Waals surface area contributed by atoms with Crippen LogP contribution in [0.5, 0.6) is 0 Å². The van der Waals surface area contributed by atoms with E-state index >= 15 is 0 Å². The van der Waals surface area contributed by atoms with Crippen LogP contribution in [-0.2, 0) is 9.59 Å². The number of amides is 1. The van der Waals surface area contributed by atoms with Crippen molar-refractivity contribution in [3.8, 4) is 0 Å². The minimum atomic E-state index is -0.248. The third-order valence-corrected chi connectivity index (χ3v) is 3.32. The van der Waals surface area contributed by atoms with Crippen LogP contribution in [0.25, 0.3) is 0 Å². The fourth-order valence-corrected chi connectivity index (χ4v) is 2.13. The normalized spacial score (nSPS) is 11.3. The van der Waals surface area contributed by atoms with E-state index in [1.165, 1.54) is 6.42 Å². The SMILES string of the molecule is CCC.CCCCCC(=O)[C@H](CCCCC)NC(=O)CCC. The molecule has 3 nitrogen and oxygen atoms in total. The van der Waals surface area contributed by atoms with Crippen LogP contribution >= 0.6 is 0 Å². The van der Waals surface area contributed by atoms with E-state index in [0.29, 0.717) is 12.8 Å². The van der Waals surface area contributed by atoms with Gasteiger partial charge < -0.3 is 5.32 Å². The second kappa shape index (κ2) is 18.2. The predicted octanol–water partition coefficient (Wildman–Crippen LogP) is 5.42. The standard InChI is InChI=1S/C16H31NO2.C3H8/c1-4-7-9-12-14(17-16(19)11-6-3)15(18)13-10-8-5-2;1-3-2/h14H,4-13H2,1-3H3,(H,17,19);3H2,1-2H3/t14-;/m0./s1. The number of ketones is 1. The summed E-state index contributed by atoms with van der Waals surface area (Å²) in [7, 11) is 0. The lowest BCUT2D eigenvalue weighted by atomic mass is 10.00. The van der Waals surface area contributed by atoms with Gasteiger partial charge in [-0.05, 0) is 19.3 Å². The first-order chi connectivity index (χ1) is 10.6. The number of Topliss-reactive ketones (excluding diaryl/α,β-unsaturated/α-hetero) is 1. The minimum absolute atomic E-state index is 0.0211. The van der Waals surface area contributed by atoms with Crippen LogP contribution in [0.15, 0.2) is 0 Å². The van der Waals surface area contributed by atoms with Crippen molar-refractivity contribution in [3.05, 3.63) is 0 Å². The molecular formula is C19H39NO2. The molecule has 0 aromatic carbocycles. The number of unbranched alkanes of at least 4 members (excludes halogenated alkanes) is 4. The Morgan fingerprint density at radius 3 is 1.82 bits per heavy atom. The average Bonchev–Trinajstić information content (AvgIpc) is 2.47. The average molecular weight is 314 g/mol. The highest BCUT2D eigenvalue weighted by atomic mass is 16.2. The van der Waals surface area contributed by atoms with E-state index in [1.807, 2.05) is 6.92 Å². The number of carbonyl (C=O) groups is 2. The van der Waals surface area contributed by atoms with Crippen molar-refractivity contribution >= 4 is 11.7 Å². The second-order valence-electron chi connectivity index (χ2n) is 6.00. The van der Waals surface area contributed by atoms with E-state index in [4.69, 9.17) is 0 Å². The number of nitrogens with one attached hydrogen (secondary N) is 1. The van der Waals surface area contributed by atoms with Crippen LogP contribution in [0.1, 0.15) is 105 Å². The van der Waals surface area contributed by atoms with Crippen molar-refractivity contribution in [2.24, 2.45) is 0 Å². The Hall–Kier alpha value is -0.860. The molecular weight excluding hydrogens is 274 g/mol. The zero-order valence-electron chi connectivity index (χ0n) is 15.7. The molecule has 0 aliphatic rings. The maximum absolute atomic E-state index is 12.1. The van der Waals surface area contributed by atoms with E-state index in [0.717, 1.165) is 51.4 Å². The van der Waals surface area contributed by atoms with Crippen molar-refractivity contribution in [1.29, 1.82) is 0 Å². The van der Waals surface area contributed by atoms with Crippen molar-refractivity contribution in [2.45, 2.75) is 111 Å². The molecule has 0 saturated heterocycles. The summed E-state index contributed by atoms with van der Waals surface area (Å²) in [6.45, 7) is 10.5. The van der Waals surface area contributed by atoms with Crippen LogP contribution in [-0.4, -0.2) is 17.7 Å². The molecule has 1 atom stereocenters. The highest BCUT2D eigenvalue weighted by Gasteiger charge is 2.19. The van der Waals surface area contributed by atoms with Crippen molar-refractivity contribution in [2.75, 3.05) is 0 Å². The van der Waals surface area contributed by atoms with E-state index in [9.17, 15) is 9.59 Å². The van der Waals surface area contributed by atoms with Crippen molar-refractivity contribution in [1.82, 2.24) is 5.32 Å². The first kappa shape index (κ1) is 23.4. The molecule has 1 amide bonds. The van der Waals surface area contributed by atoms with Gasteiger partial charge >= 0.3 is 0 Å². The number of hydrogen-bond acceptors (Lipinski definition) is 2. The Kier molecular flexibility index (Phi) is 19.4. The summed E-state index contributed by atoms with van der Waals surface area (Å²) in [4.78, 5) is 23.8. The Balaban J connectivity index is 0. The molecule has 0 heterocycles. The number of carbonyl (C=O) groups excluding carboxylic acids is 2. The van der Waals surface area contributed by atoms with E-state index < -0.39 is 0 Å². The van der Waals surface area contributed by atoms with Gasteiger partial charge in [-0.1, -0.05) is 73.1 Å². The topological polar surface area (TPSA) is 46.2 Å². The summed E-state index contributed by atoms with van der Waals surface area (Å²) in [5.41, 5.74) is 0. The van der Waals surface area contributed by atoms with Gasteiger partial charge in [-0.15, -0.1) is 0 Å². The lowest BCUT2D eigenvalue weighted by Crippen LogP contribution is -2.40. The van der Waals surface area contributed by atoms with Gasteiger partial charge in [-0.2, -0.15) is 0 Å². The molecule has 0 aliphatic heterocycles. The molecule has 0 unspecified atom stereocenters. The number of hydrogen-bond donors (Lipinski definition) is 1. The zero-order chi connectivity index (χ0) is 17.2. The largest absolute Gasteiger partial charge is 0.346 e. The minimum Gasteiger partial charge on any atom is -0.346 e. The lowest BCUT2D eigenvalue weighted by molar-refractivity contribution is -0.128. The molecule has 0 aliphatic carbocycles. The second-order valence-corrected chi connectivity index (χ2v) is 6.00. The first-order valence-corrected chi connectivity index (χ1v) is 9.39. The Labute approximate surface area is 138 Å². The van der Waals surface area contributed by atoms with Crippen LogP contribution in [0, 0.1) is 0 Å². The molecule has 0 spiro atoms. The summed E-state index contributed by atoms with van der Waals surface area (Å²) < 4.78 is 0. The molecule has 132 valence electrons. The highest BCUT2D eigenvalue weighted by Crippen LogP contribution is 2.09. The molecule has 0 bridgehead atoms. The van der Waals surface area contributed by atoms with Gasteiger partial charge in [0.25, 0.3) is 0 Å². The maximum Gasteiger partial charge on any atom is 0.220 e. The highest BCUT2D eigenvalue weighted by molar-refractivity contribution is 5.88. The molecule has 0 radical (unpaired) electrons. The summed E-state index contributed by atoms with van der Waals surface area (Å²) in [5, 5.41) is 2.92. The summed E-state index contributed by atoms with van der Waals surface area (Å²) in [6.07, 6.45) is 10.5. The molecule has 0 aromatic rings. The van der Waals surface area contributed by atoms with Gasteiger partial charge in [-0.25, -0.2) is 0 Å². The van der Waals surface area contributed by atoms with Gasteiger partial charge in [0, 0.05) is 12.8 Å². The fraction of sp³-hybridized carbons (Fsp3) is 0.895. The fourth-order valence-electron chi connectivity index (χ4n) is 2.13. The maximum atomic E-state index is 12.1. The van der Waals surface area contributed by atoms with E-state index in [2.05, 4.69) is 33.0 Å². The third kappa shape index (κ3) is 15.5. The van der Waals surface area contributed by atoms with Gasteiger partial charge in [0.2, 0.25) is 5.91 Å². The van der Waals surface area contributed by atoms with Crippen molar-refractivity contribution in [3.63, 3.8) is 0 Å². The molecule has 0 aromatic heterocycles. The predicted molar refractivity (Wildman–Crippen MR) is 96.1 cm³/mol. The zero-order valence-corrected chi connectivity index (χ0v) is 15.7. The molecule has 1 N–H and O–H groups in total. The van der Waals surface area contributed by atoms with Gasteiger partial charge in [-0.3, -0.25) is 9.59 Å². The van der Waals surface area contributed by atoms with Gasteiger partial charge in [0.1, 0.15) is 0 Å². The Morgan fingerprint density at radius 1 is 0.773 bits per heavy atom. The summed E-state index contributed by atoms with van der Waals surface area (Å²) in [6, 6.07) is -0.248. The Morgan fingerprint density at radius 2 is 1.32 bits per heavy atom. The molecule has 3 heteroatoms. The molecule has 0 fully saturated rings. The molecule has 22 heavy (non-hydrogen) atoms. The van der Waals surface area contributed by atoms with Crippen LogP contribution in [0.3, 0.4) is 0 Å². The lowest BCUT2D eigenvalue weighted by Gasteiger charge is -2.17. The van der Waals surface area contributed by atoms with E-state index in [-0.39, 0.29) is 17.7 Å². The van der Waals surface area contributed by atoms with Gasteiger partial charge in [0.15, 0.2) is 5.78 Å². The summed E-state index contributed by atoms with van der Waals surface area (Å²) in [5.74, 6) is 0.238. The molecule has 0 saturated carbocycles. The smallest absolute Gasteiger partial charge is 0.220 e. The van der Waals surface area contributed by atoms with Crippen LogP contribution in [0.4, 0.5) is 0 Å². The quantitative estimate of drug-likeness (QED) is 0.489. The Bertz CT molecular complexity index is 264. The first-order valence-electron chi connectivity index (χ1n) is 9.39. The van der Waals surface area contributed by atoms with Crippen molar-refractivity contribution < 1.29 is 9.59 Å². The van der Waals surface area contributed by atoms with Crippen LogP contribution < -0.4 is 5.32 Å². The van der Waals surface area contributed by atoms with Gasteiger partial charge in [0.05, 0.1) is 6.04 Å². The molecule has 0 rings (SSSR count). The number of rotatable bonds is 12. The third-order valence-electron chi connectivity index (χ3n) is 3.32. The monoisotopic (exact) mass is 313 g/mol.